The lowest BCUT2D eigenvalue weighted by molar-refractivity contribution is -0.670. The number of hydrogen-bond acceptors (Lipinski definition) is 4. The van der Waals surface area contributed by atoms with E-state index in [-0.39, 0.29) is 12.0 Å². The van der Waals surface area contributed by atoms with E-state index in [0.29, 0.717) is 11.6 Å². The van der Waals surface area contributed by atoms with Crippen molar-refractivity contribution in [3.05, 3.63) is 130 Å². The minimum Gasteiger partial charge on any atom is -0.439 e. The maximum Gasteiger partial charge on any atom is 0.263 e. The maximum atomic E-state index is 9.74. The first-order chi connectivity index (χ1) is 20.4. The van der Waals surface area contributed by atoms with Gasteiger partial charge in [-0.1, -0.05) is 97.5 Å². The number of fused-ring (bicyclic) bond motifs is 2. The fraction of sp³-hybridized carbons (Fsp3) is 0.250. The van der Waals surface area contributed by atoms with Crippen LogP contribution in [0.2, 0.25) is 5.02 Å². The van der Waals surface area contributed by atoms with E-state index in [0.717, 1.165) is 43.1 Å². The number of aliphatic hydroxyl groups is 1. The van der Waals surface area contributed by atoms with E-state index in [2.05, 4.69) is 102 Å². The second-order valence-corrected chi connectivity index (χ2v) is 13.2. The van der Waals surface area contributed by atoms with E-state index in [1.54, 1.807) is 11.3 Å². The predicted octanol–water partition coefficient (Wildman–Crippen LogP) is 8.50. The molecule has 0 amide bonds. The zero-order chi connectivity index (χ0) is 29.1. The Morgan fingerprint density at radius 1 is 1.05 bits per heavy atom. The molecule has 0 bridgehead atoms. The molecule has 0 unspecified atom stereocenters. The summed E-state index contributed by atoms with van der Waals surface area (Å²) in [6.45, 7) is 6.18. The lowest BCUT2D eigenvalue weighted by Gasteiger charge is -2.30. The summed E-state index contributed by atoms with van der Waals surface area (Å²) < 4.78 is 9.75. The van der Waals surface area contributed by atoms with Gasteiger partial charge in [0.2, 0.25) is 11.4 Å². The van der Waals surface area contributed by atoms with Crippen LogP contribution in [-0.4, -0.2) is 18.3 Å². The first-order valence-corrected chi connectivity index (χ1v) is 15.7. The summed E-state index contributed by atoms with van der Waals surface area (Å²) in [6, 6.07) is 24.8. The molecule has 6 heteroatoms. The Kier molecular flexibility index (Phi) is 8.34. The fourth-order valence-electron chi connectivity index (χ4n) is 5.93. The lowest BCUT2D eigenvalue weighted by atomic mass is 9.75. The van der Waals surface area contributed by atoms with Crippen LogP contribution in [0.15, 0.2) is 114 Å². The van der Waals surface area contributed by atoms with Gasteiger partial charge in [0.15, 0.2) is 12.3 Å². The number of nitrogens with zero attached hydrogens (tertiary/aromatic N) is 2. The Bertz CT molecular complexity index is 1720. The SMILES string of the molecule is CC1(C)CC(=Cc2sc3ccccc3[n+]2CCO)C=C(/C=C/C=C2\Oc3cc(Cl)ccc3N2CCc2ccccc2)C1. The average Bonchev–Trinajstić information content (AvgIpc) is 3.48. The summed E-state index contributed by atoms with van der Waals surface area (Å²) in [5, 5.41) is 11.6. The molecule has 42 heavy (non-hydrogen) atoms. The zero-order valence-electron chi connectivity index (χ0n) is 24.1. The number of benzene rings is 3. The van der Waals surface area contributed by atoms with E-state index in [1.165, 1.54) is 31.9 Å². The molecule has 2 aliphatic rings. The molecule has 1 N–H and O–H groups in total. The van der Waals surface area contributed by atoms with Crippen LogP contribution in [-0.2, 0) is 13.0 Å². The van der Waals surface area contributed by atoms with Crippen molar-refractivity contribution < 1.29 is 14.4 Å². The molecular weight excluding hydrogens is 560 g/mol. The molecule has 4 nitrogen and oxygen atoms in total. The third-order valence-corrected chi connectivity index (χ3v) is 9.06. The van der Waals surface area contributed by atoms with Crippen LogP contribution in [0.3, 0.4) is 0 Å². The number of halogens is 1. The normalized spacial score (nSPS) is 18.2. The number of allylic oxidation sites excluding steroid dienone is 6. The second kappa shape index (κ2) is 12.3. The third-order valence-electron chi connectivity index (χ3n) is 7.71. The Morgan fingerprint density at radius 3 is 2.69 bits per heavy atom. The van der Waals surface area contributed by atoms with Crippen molar-refractivity contribution >= 4 is 44.9 Å². The Balaban J connectivity index is 1.27. The van der Waals surface area contributed by atoms with Gasteiger partial charge in [-0.3, -0.25) is 0 Å². The molecule has 2 heterocycles. The number of anilines is 1. The molecule has 0 fully saturated rings. The molecule has 214 valence electrons. The van der Waals surface area contributed by atoms with Gasteiger partial charge >= 0.3 is 0 Å². The summed E-state index contributed by atoms with van der Waals surface area (Å²) in [5.41, 5.74) is 6.24. The van der Waals surface area contributed by atoms with Crippen molar-refractivity contribution in [3.8, 4) is 5.75 Å². The van der Waals surface area contributed by atoms with Gasteiger partial charge in [0.1, 0.15) is 11.3 Å². The minimum atomic E-state index is 0.117. The van der Waals surface area contributed by atoms with Gasteiger partial charge in [-0.15, -0.1) is 0 Å². The van der Waals surface area contributed by atoms with Crippen LogP contribution in [0.4, 0.5) is 5.69 Å². The molecule has 0 spiro atoms. The Hall–Kier alpha value is -3.64. The molecule has 0 atom stereocenters. The predicted molar refractivity (Wildman–Crippen MR) is 175 cm³/mol. The van der Waals surface area contributed by atoms with Crippen LogP contribution in [0, 0.1) is 5.41 Å². The van der Waals surface area contributed by atoms with Crippen molar-refractivity contribution in [1.82, 2.24) is 0 Å². The van der Waals surface area contributed by atoms with Crippen LogP contribution in [0.25, 0.3) is 16.3 Å². The van der Waals surface area contributed by atoms with Crippen molar-refractivity contribution in [2.75, 3.05) is 18.1 Å². The molecule has 1 aromatic heterocycles. The molecule has 4 aromatic rings. The Labute approximate surface area is 257 Å². The molecule has 1 aliphatic carbocycles. The molecule has 0 radical (unpaired) electrons. The van der Waals surface area contributed by atoms with Crippen molar-refractivity contribution in [2.24, 2.45) is 5.41 Å². The van der Waals surface area contributed by atoms with Gasteiger partial charge in [-0.05, 0) is 65.7 Å². The number of aliphatic hydroxyl groups excluding tert-OH is 1. The topological polar surface area (TPSA) is 36.6 Å². The van der Waals surface area contributed by atoms with E-state index >= 15 is 0 Å². The summed E-state index contributed by atoms with van der Waals surface area (Å²) in [4.78, 5) is 2.23. The van der Waals surface area contributed by atoms with Gasteiger partial charge in [0, 0.05) is 29.8 Å². The average molecular weight is 596 g/mol. The smallest absolute Gasteiger partial charge is 0.263 e. The molecule has 1 aliphatic heterocycles. The van der Waals surface area contributed by atoms with Gasteiger partial charge in [-0.25, -0.2) is 0 Å². The molecule has 0 saturated carbocycles. The van der Waals surface area contributed by atoms with Crippen LogP contribution >= 0.6 is 22.9 Å². The number of rotatable bonds is 8. The largest absolute Gasteiger partial charge is 0.439 e. The number of ether oxygens (including phenoxy) is 1. The summed E-state index contributed by atoms with van der Waals surface area (Å²) in [6.07, 6.45) is 13.9. The highest BCUT2D eigenvalue weighted by molar-refractivity contribution is 7.18. The van der Waals surface area contributed by atoms with Gasteiger partial charge in [-0.2, -0.15) is 4.57 Å². The first kappa shape index (κ1) is 28.5. The van der Waals surface area contributed by atoms with Crippen LogP contribution < -0.4 is 14.2 Å². The highest BCUT2D eigenvalue weighted by Gasteiger charge is 2.28. The maximum absolute atomic E-state index is 9.74. The number of thiazole rings is 1. The zero-order valence-corrected chi connectivity index (χ0v) is 25.7. The van der Waals surface area contributed by atoms with Gasteiger partial charge in [0.05, 0.1) is 5.69 Å². The standard InChI is InChI=1S/C36H36ClN2O2S/c1-36(2)24-27(21-28(25-36)22-35-39(19-20-40)31-12-6-7-13-33(31)42-35)11-8-14-34-38(18-17-26-9-4-3-5-10-26)30-16-15-29(37)23-32(30)41-34/h3-16,21-23,40H,17-20,24-25H2,1-2H3/q+1. The first-order valence-electron chi connectivity index (χ1n) is 14.5. The quantitative estimate of drug-likeness (QED) is 0.207. The summed E-state index contributed by atoms with van der Waals surface area (Å²) in [5.74, 6) is 1.60. The number of aromatic nitrogens is 1. The van der Waals surface area contributed by atoms with Gasteiger partial charge < -0.3 is 14.7 Å². The van der Waals surface area contributed by atoms with Crippen molar-refractivity contribution in [1.29, 1.82) is 0 Å². The molecule has 3 aromatic carbocycles. The molecular formula is C36H36ClN2O2S+. The molecule has 0 saturated heterocycles. The minimum absolute atomic E-state index is 0.117. The van der Waals surface area contributed by atoms with E-state index < -0.39 is 0 Å². The van der Waals surface area contributed by atoms with Gasteiger partial charge in [0.25, 0.3) is 5.01 Å². The summed E-state index contributed by atoms with van der Waals surface area (Å²) >= 11 is 8.07. The second-order valence-electron chi connectivity index (χ2n) is 11.7. The number of para-hydroxylation sites is 1. The summed E-state index contributed by atoms with van der Waals surface area (Å²) in [7, 11) is 0. The molecule has 6 rings (SSSR count). The highest BCUT2D eigenvalue weighted by atomic mass is 35.5. The highest BCUT2D eigenvalue weighted by Crippen LogP contribution is 2.42. The Morgan fingerprint density at radius 2 is 1.86 bits per heavy atom. The van der Waals surface area contributed by atoms with Crippen LogP contribution in [0.5, 0.6) is 5.75 Å². The lowest BCUT2D eigenvalue weighted by Crippen LogP contribution is -2.36. The third kappa shape index (κ3) is 6.39. The van der Waals surface area contributed by atoms with E-state index in [4.69, 9.17) is 16.3 Å². The van der Waals surface area contributed by atoms with Crippen LogP contribution in [0.1, 0.15) is 37.3 Å². The number of hydrogen-bond donors (Lipinski definition) is 1. The monoisotopic (exact) mass is 595 g/mol. The fourth-order valence-corrected chi connectivity index (χ4v) is 7.26. The van der Waals surface area contributed by atoms with Crippen molar-refractivity contribution in [2.45, 2.75) is 39.7 Å². The van der Waals surface area contributed by atoms with E-state index in [1.807, 2.05) is 24.3 Å². The van der Waals surface area contributed by atoms with E-state index in [9.17, 15) is 5.11 Å². The van der Waals surface area contributed by atoms with Crippen molar-refractivity contribution in [3.63, 3.8) is 0 Å².